The van der Waals surface area contributed by atoms with Crippen LogP contribution in [0.2, 0.25) is 0 Å². The third-order valence-corrected chi connectivity index (χ3v) is 0.287. The summed E-state index contributed by atoms with van der Waals surface area (Å²) in [5.74, 6) is -1.12. The topological polar surface area (TPSA) is 104 Å². The van der Waals surface area contributed by atoms with Crippen molar-refractivity contribution >= 4 is 18.1 Å². The fourth-order valence-corrected chi connectivity index (χ4v) is 0.202. The van der Waals surface area contributed by atoms with E-state index in [0.29, 0.717) is 0 Å². The maximum atomic E-state index is 9.81. The second kappa shape index (κ2) is 10.4. The standard InChI is InChI=1S/C4H6O3.CH2O3.Na/c1-3(5)7-4(2)6;2-1(3)4;/h1-2H3;(H2,2,3,4);/q;;+1/p-1. The molecule has 0 saturated heterocycles. The zero-order valence-electron chi connectivity index (χ0n) is 6.99. The molecule has 6 nitrogen and oxygen atoms in total. The SMILES string of the molecule is CC(=O)OC(C)=O.O=C([O-])O.[Na+]. The average Bonchev–Trinajstić information content (AvgIpc) is 1.56. The van der Waals surface area contributed by atoms with Crippen molar-refractivity contribution in [2.75, 3.05) is 0 Å². The molecule has 0 aromatic carbocycles. The predicted molar refractivity (Wildman–Crippen MR) is 30.5 cm³/mol. The first-order valence-corrected chi connectivity index (χ1v) is 2.45. The molecule has 0 radical (unpaired) electrons. The predicted octanol–water partition coefficient (Wildman–Crippen LogP) is -4.01. The van der Waals surface area contributed by atoms with Gasteiger partial charge in [0.25, 0.3) is 0 Å². The van der Waals surface area contributed by atoms with Crippen molar-refractivity contribution in [1.29, 1.82) is 0 Å². The molecule has 0 heterocycles. The summed E-state index contributed by atoms with van der Waals surface area (Å²) < 4.78 is 3.97. The Hall–Kier alpha value is -0.590. The Balaban J connectivity index is -0.000000142. The molecule has 0 spiro atoms. The zero-order chi connectivity index (χ0) is 9.44. The summed E-state index contributed by atoms with van der Waals surface area (Å²) in [7, 11) is 0. The fraction of sp³-hybridized carbons (Fsp3) is 0.400. The van der Waals surface area contributed by atoms with E-state index in [9.17, 15) is 9.59 Å². The molecule has 0 aliphatic heterocycles. The van der Waals surface area contributed by atoms with Gasteiger partial charge >= 0.3 is 41.5 Å². The fourth-order valence-electron chi connectivity index (χ4n) is 0.202. The Morgan fingerprint density at radius 3 is 1.33 bits per heavy atom. The van der Waals surface area contributed by atoms with Gasteiger partial charge in [-0.3, -0.25) is 9.59 Å². The molecular formula is C5H7NaO6. The summed E-state index contributed by atoms with van der Waals surface area (Å²) in [6, 6.07) is 0. The van der Waals surface area contributed by atoms with Gasteiger partial charge in [0.15, 0.2) is 0 Å². The normalized spacial score (nSPS) is 6.50. The van der Waals surface area contributed by atoms with E-state index in [2.05, 4.69) is 4.74 Å². The summed E-state index contributed by atoms with van der Waals surface area (Å²) in [4.78, 5) is 28.1. The van der Waals surface area contributed by atoms with E-state index in [4.69, 9.17) is 15.0 Å². The molecule has 0 fully saturated rings. The third-order valence-electron chi connectivity index (χ3n) is 0.287. The smallest absolute Gasteiger partial charge is 0.565 e. The molecule has 7 heteroatoms. The average molecular weight is 186 g/mol. The van der Waals surface area contributed by atoms with Crippen LogP contribution >= 0.6 is 0 Å². The summed E-state index contributed by atoms with van der Waals surface area (Å²) >= 11 is 0. The number of esters is 2. The summed E-state index contributed by atoms with van der Waals surface area (Å²) in [6.07, 6.45) is -2.08. The van der Waals surface area contributed by atoms with E-state index in [1.165, 1.54) is 13.8 Å². The van der Waals surface area contributed by atoms with E-state index in [1.54, 1.807) is 0 Å². The van der Waals surface area contributed by atoms with Crippen molar-refractivity contribution in [2.24, 2.45) is 0 Å². The van der Waals surface area contributed by atoms with Crippen LogP contribution in [0.25, 0.3) is 0 Å². The first-order valence-electron chi connectivity index (χ1n) is 2.45. The number of ether oxygens (including phenoxy) is 1. The third kappa shape index (κ3) is 57.2. The van der Waals surface area contributed by atoms with E-state index in [-0.39, 0.29) is 29.6 Å². The Morgan fingerprint density at radius 2 is 1.33 bits per heavy atom. The summed E-state index contributed by atoms with van der Waals surface area (Å²) in [5, 5.41) is 15.3. The number of carbonyl (C=O) groups excluding carboxylic acids is 2. The number of carbonyl (C=O) groups is 3. The van der Waals surface area contributed by atoms with Gasteiger partial charge in [-0.25, -0.2) is 0 Å². The molecule has 0 rings (SSSR count). The van der Waals surface area contributed by atoms with Gasteiger partial charge in [-0.2, -0.15) is 0 Å². The summed E-state index contributed by atoms with van der Waals surface area (Å²) in [5.41, 5.74) is 0. The van der Waals surface area contributed by atoms with E-state index >= 15 is 0 Å². The molecule has 0 aromatic heterocycles. The molecule has 0 aromatic rings. The quantitative estimate of drug-likeness (QED) is 0.235. The Bertz CT molecular complexity index is 149. The molecule has 0 atom stereocenters. The Kier molecular flexibility index (Phi) is 15.2. The van der Waals surface area contributed by atoms with Gasteiger partial charge in [-0.15, -0.1) is 0 Å². The van der Waals surface area contributed by atoms with Gasteiger partial charge < -0.3 is 19.7 Å². The van der Waals surface area contributed by atoms with Crippen LogP contribution in [0.15, 0.2) is 0 Å². The van der Waals surface area contributed by atoms with E-state index in [0.717, 1.165) is 0 Å². The van der Waals surface area contributed by atoms with Crippen LogP contribution in [-0.2, 0) is 14.3 Å². The minimum Gasteiger partial charge on any atom is -0.565 e. The van der Waals surface area contributed by atoms with Crippen molar-refractivity contribution < 1.29 is 58.9 Å². The van der Waals surface area contributed by atoms with Crippen LogP contribution in [0.5, 0.6) is 0 Å². The monoisotopic (exact) mass is 186 g/mol. The number of hydrogen-bond acceptors (Lipinski definition) is 5. The van der Waals surface area contributed by atoms with Gasteiger partial charge in [-0.1, -0.05) is 0 Å². The molecular weight excluding hydrogens is 179 g/mol. The molecule has 12 heavy (non-hydrogen) atoms. The van der Waals surface area contributed by atoms with E-state index < -0.39 is 18.1 Å². The first-order chi connectivity index (χ1) is 4.86. The molecule has 0 unspecified atom stereocenters. The minimum absolute atomic E-state index is 0. The van der Waals surface area contributed by atoms with Crippen molar-refractivity contribution in [3.05, 3.63) is 0 Å². The van der Waals surface area contributed by atoms with Gasteiger partial charge in [0.1, 0.15) is 0 Å². The van der Waals surface area contributed by atoms with Crippen molar-refractivity contribution in [1.82, 2.24) is 0 Å². The second-order valence-corrected chi connectivity index (χ2v) is 1.35. The van der Waals surface area contributed by atoms with Gasteiger partial charge in [0.05, 0.1) is 0 Å². The van der Waals surface area contributed by atoms with Crippen LogP contribution < -0.4 is 34.7 Å². The van der Waals surface area contributed by atoms with E-state index in [1.807, 2.05) is 0 Å². The van der Waals surface area contributed by atoms with Crippen LogP contribution in [0.4, 0.5) is 4.79 Å². The Labute approximate surface area is 90.8 Å². The van der Waals surface area contributed by atoms with Crippen molar-refractivity contribution in [3.63, 3.8) is 0 Å². The summed E-state index contributed by atoms with van der Waals surface area (Å²) in [6.45, 7) is 2.36. The molecule has 64 valence electrons. The number of rotatable bonds is 0. The molecule has 0 aliphatic carbocycles. The molecule has 0 saturated carbocycles. The second-order valence-electron chi connectivity index (χ2n) is 1.35. The largest absolute Gasteiger partial charge is 1.00 e. The van der Waals surface area contributed by atoms with Gasteiger partial charge in [-0.05, 0) is 0 Å². The Morgan fingerprint density at radius 1 is 1.17 bits per heavy atom. The van der Waals surface area contributed by atoms with Gasteiger partial charge in [0, 0.05) is 13.8 Å². The van der Waals surface area contributed by atoms with Crippen LogP contribution in [0, 0.1) is 0 Å². The van der Waals surface area contributed by atoms with Crippen LogP contribution in [-0.4, -0.2) is 23.2 Å². The molecule has 1 N–H and O–H groups in total. The van der Waals surface area contributed by atoms with Gasteiger partial charge in [0.2, 0.25) is 6.16 Å². The van der Waals surface area contributed by atoms with Crippen LogP contribution in [0.1, 0.15) is 13.8 Å². The maximum absolute atomic E-state index is 9.81. The van der Waals surface area contributed by atoms with Crippen LogP contribution in [0.3, 0.4) is 0 Å². The molecule has 0 aliphatic rings. The first kappa shape index (κ1) is 17.5. The molecule has 0 amide bonds. The number of carboxylic acid groups (broad SMARTS) is 2. The maximum Gasteiger partial charge on any atom is 1.00 e. The minimum atomic E-state index is -2.08. The zero-order valence-corrected chi connectivity index (χ0v) is 8.99. The molecule has 0 bridgehead atoms. The number of hydrogen-bond donors (Lipinski definition) is 1. The van der Waals surface area contributed by atoms with Crippen molar-refractivity contribution in [3.8, 4) is 0 Å². The van der Waals surface area contributed by atoms with Crippen molar-refractivity contribution in [2.45, 2.75) is 13.8 Å².